The van der Waals surface area contributed by atoms with Crippen LogP contribution in [0.15, 0.2) is 16.9 Å². The van der Waals surface area contributed by atoms with Crippen molar-refractivity contribution >= 4 is 0 Å². The van der Waals surface area contributed by atoms with Gasteiger partial charge in [0.15, 0.2) is 0 Å². The second kappa shape index (κ2) is 4.08. The van der Waals surface area contributed by atoms with Crippen molar-refractivity contribution in [2.45, 2.75) is 20.3 Å². The van der Waals surface area contributed by atoms with Crippen LogP contribution in [0.1, 0.15) is 23.5 Å². The predicted octanol–water partition coefficient (Wildman–Crippen LogP) is 1.51. The molecule has 0 aliphatic rings. The molecular formula is C10H10F2N4O. The van der Waals surface area contributed by atoms with Crippen molar-refractivity contribution in [3.05, 3.63) is 39.6 Å². The van der Waals surface area contributed by atoms with Gasteiger partial charge in [-0.1, -0.05) is 0 Å². The van der Waals surface area contributed by atoms with Crippen molar-refractivity contribution in [1.82, 2.24) is 19.7 Å². The van der Waals surface area contributed by atoms with Gasteiger partial charge in [0.2, 0.25) is 0 Å². The van der Waals surface area contributed by atoms with Gasteiger partial charge in [-0.05, 0) is 19.9 Å². The molecule has 17 heavy (non-hydrogen) atoms. The Morgan fingerprint density at radius 1 is 1.24 bits per heavy atom. The normalized spacial score (nSPS) is 11.1. The van der Waals surface area contributed by atoms with Crippen LogP contribution in [0.25, 0.3) is 5.95 Å². The molecule has 5 nitrogen and oxygen atoms in total. The van der Waals surface area contributed by atoms with Crippen LogP contribution in [0, 0.1) is 13.8 Å². The molecule has 1 N–H and O–H groups in total. The molecule has 0 saturated carbocycles. The average molecular weight is 240 g/mol. The highest BCUT2D eigenvalue weighted by molar-refractivity contribution is 5.18. The van der Waals surface area contributed by atoms with E-state index < -0.39 is 17.7 Å². The van der Waals surface area contributed by atoms with E-state index in [1.807, 2.05) is 0 Å². The largest absolute Gasteiger partial charge is 0.287 e. The fourth-order valence-electron chi connectivity index (χ4n) is 1.48. The van der Waals surface area contributed by atoms with Gasteiger partial charge in [-0.2, -0.15) is 4.68 Å². The number of hydrogen-bond donors (Lipinski definition) is 1. The molecule has 0 spiro atoms. The summed E-state index contributed by atoms with van der Waals surface area (Å²) in [6.07, 6.45) is -2.73. The topological polar surface area (TPSA) is 63.6 Å². The Bertz CT molecular complexity index is 582. The van der Waals surface area contributed by atoms with E-state index in [4.69, 9.17) is 0 Å². The van der Waals surface area contributed by atoms with E-state index in [2.05, 4.69) is 15.1 Å². The summed E-state index contributed by atoms with van der Waals surface area (Å²) >= 11 is 0. The molecule has 0 fully saturated rings. The van der Waals surface area contributed by atoms with E-state index in [-0.39, 0.29) is 5.95 Å². The molecule has 2 aromatic heterocycles. The fraction of sp³-hybridized carbons (Fsp3) is 0.300. The lowest BCUT2D eigenvalue weighted by Crippen LogP contribution is -2.17. The molecule has 0 unspecified atom stereocenters. The fourth-order valence-corrected chi connectivity index (χ4v) is 1.48. The molecule has 0 bridgehead atoms. The SMILES string of the molecule is Cc1cc(C)nc(-n2[nH]c(C(F)F)cc2=O)n1. The van der Waals surface area contributed by atoms with Crippen molar-refractivity contribution in [1.29, 1.82) is 0 Å². The maximum absolute atomic E-state index is 12.4. The minimum atomic E-state index is -2.73. The van der Waals surface area contributed by atoms with Gasteiger partial charge in [0, 0.05) is 17.5 Å². The van der Waals surface area contributed by atoms with Crippen molar-refractivity contribution in [3.63, 3.8) is 0 Å². The van der Waals surface area contributed by atoms with Gasteiger partial charge >= 0.3 is 0 Å². The average Bonchev–Trinajstić information content (AvgIpc) is 2.59. The number of nitrogens with zero attached hydrogens (tertiary/aromatic N) is 3. The Hall–Kier alpha value is -2.05. The van der Waals surface area contributed by atoms with E-state index in [0.29, 0.717) is 11.4 Å². The zero-order valence-electron chi connectivity index (χ0n) is 9.24. The van der Waals surface area contributed by atoms with Gasteiger partial charge in [0.25, 0.3) is 17.9 Å². The number of aromatic nitrogens is 4. The summed E-state index contributed by atoms with van der Waals surface area (Å²) < 4.78 is 25.7. The second-order valence-corrected chi connectivity index (χ2v) is 3.64. The number of rotatable bonds is 2. The highest BCUT2D eigenvalue weighted by Gasteiger charge is 2.14. The lowest BCUT2D eigenvalue weighted by atomic mass is 10.4. The van der Waals surface area contributed by atoms with E-state index >= 15 is 0 Å². The van der Waals surface area contributed by atoms with Gasteiger partial charge in [0.1, 0.15) is 5.69 Å². The number of halogens is 2. The van der Waals surface area contributed by atoms with Crippen LogP contribution in [0.2, 0.25) is 0 Å². The van der Waals surface area contributed by atoms with Gasteiger partial charge in [-0.25, -0.2) is 18.7 Å². The monoisotopic (exact) mass is 240 g/mol. The molecule has 2 heterocycles. The van der Waals surface area contributed by atoms with Gasteiger partial charge in [-0.15, -0.1) is 0 Å². The molecule has 0 aliphatic carbocycles. The Balaban J connectivity index is 2.56. The van der Waals surface area contributed by atoms with Crippen molar-refractivity contribution in [3.8, 4) is 5.95 Å². The van der Waals surface area contributed by atoms with Crippen molar-refractivity contribution in [2.75, 3.05) is 0 Å². The summed E-state index contributed by atoms with van der Waals surface area (Å²) in [6, 6.07) is 2.57. The Morgan fingerprint density at radius 2 is 1.82 bits per heavy atom. The number of aryl methyl sites for hydroxylation is 2. The van der Waals surface area contributed by atoms with Crippen LogP contribution >= 0.6 is 0 Å². The maximum atomic E-state index is 12.4. The lowest BCUT2D eigenvalue weighted by Gasteiger charge is -2.02. The Morgan fingerprint density at radius 3 is 2.29 bits per heavy atom. The van der Waals surface area contributed by atoms with Crippen LogP contribution in [0.3, 0.4) is 0 Å². The number of alkyl halides is 2. The Kier molecular flexibility index (Phi) is 2.74. The minimum absolute atomic E-state index is 0.0689. The first-order valence-corrected chi connectivity index (χ1v) is 4.90. The molecule has 90 valence electrons. The molecule has 0 radical (unpaired) electrons. The smallest absolute Gasteiger partial charge is 0.279 e. The molecule has 0 atom stereocenters. The molecule has 0 aromatic carbocycles. The molecule has 7 heteroatoms. The quantitative estimate of drug-likeness (QED) is 0.865. The molecule has 2 aromatic rings. The summed E-state index contributed by atoms with van der Waals surface area (Å²) in [5.74, 6) is 0.0689. The molecule has 0 aliphatic heterocycles. The molecule has 0 saturated heterocycles. The molecule has 2 rings (SSSR count). The van der Waals surface area contributed by atoms with Crippen LogP contribution in [0.5, 0.6) is 0 Å². The lowest BCUT2D eigenvalue weighted by molar-refractivity contribution is 0.145. The zero-order chi connectivity index (χ0) is 12.6. The Labute approximate surface area is 95.1 Å². The second-order valence-electron chi connectivity index (χ2n) is 3.64. The number of aromatic amines is 1. The van der Waals surface area contributed by atoms with E-state index in [1.165, 1.54) is 0 Å². The predicted molar refractivity (Wildman–Crippen MR) is 56.4 cm³/mol. The van der Waals surface area contributed by atoms with E-state index in [0.717, 1.165) is 10.7 Å². The van der Waals surface area contributed by atoms with Crippen molar-refractivity contribution in [2.24, 2.45) is 0 Å². The summed E-state index contributed by atoms with van der Waals surface area (Å²) in [6.45, 7) is 3.47. The van der Waals surface area contributed by atoms with Gasteiger partial charge in [-0.3, -0.25) is 9.89 Å². The third-order valence-electron chi connectivity index (χ3n) is 2.15. The first kappa shape index (κ1) is 11.4. The maximum Gasteiger partial charge on any atom is 0.279 e. The summed E-state index contributed by atoms with van der Waals surface area (Å²) in [5.41, 5.74) is 0.267. The minimum Gasteiger partial charge on any atom is -0.287 e. The van der Waals surface area contributed by atoms with Crippen LogP contribution in [-0.2, 0) is 0 Å². The van der Waals surface area contributed by atoms with Crippen LogP contribution in [0.4, 0.5) is 8.78 Å². The summed E-state index contributed by atoms with van der Waals surface area (Å²) in [5, 5.41) is 2.28. The third kappa shape index (κ3) is 2.22. The zero-order valence-corrected chi connectivity index (χ0v) is 9.24. The number of hydrogen-bond acceptors (Lipinski definition) is 3. The van der Waals surface area contributed by atoms with Crippen LogP contribution in [-0.4, -0.2) is 19.7 Å². The summed E-state index contributed by atoms with van der Waals surface area (Å²) in [4.78, 5) is 19.5. The standard InChI is InChI=1S/C10H10F2N4O/c1-5-3-6(2)14-10(13-5)16-8(17)4-7(15-16)9(11)12/h3-4,9,15H,1-2H3. The van der Waals surface area contributed by atoms with E-state index in [1.54, 1.807) is 19.9 Å². The molecular weight excluding hydrogens is 230 g/mol. The van der Waals surface area contributed by atoms with Gasteiger partial charge < -0.3 is 0 Å². The molecule has 0 amide bonds. The third-order valence-corrected chi connectivity index (χ3v) is 2.15. The number of H-pyrrole nitrogens is 1. The first-order valence-electron chi connectivity index (χ1n) is 4.90. The van der Waals surface area contributed by atoms with Crippen molar-refractivity contribution < 1.29 is 8.78 Å². The van der Waals surface area contributed by atoms with Gasteiger partial charge in [0.05, 0.1) is 0 Å². The van der Waals surface area contributed by atoms with Crippen LogP contribution < -0.4 is 5.56 Å². The number of nitrogens with one attached hydrogen (secondary N) is 1. The highest BCUT2D eigenvalue weighted by atomic mass is 19.3. The first-order chi connectivity index (χ1) is 7.97. The highest BCUT2D eigenvalue weighted by Crippen LogP contribution is 2.14. The van der Waals surface area contributed by atoms with E-state index in [9.17, 15) is 13.6 Å². The summed E-state index contributed by atoms with van der Waals surface area (Å²) in [7, 11) is 0.